The van der Waals surface area contributed by atoms with Crippen LogP contribution in [0.15, 0.2) is 22.0 Å². The van der Waals surface area contributed by atoms with Crippen LogP contribution < -0.4 is 0 Å². The highest BCUT2D eigenvalue weighted by molar-refractivity contribution is 9.10. The van der Waals surface area contributed by atoms with Gasteiger partial charge in [-0.05, 0) is 34.5 Å². The molecule has 1 aromatic heterocycles. The Hall–Kier alpha value is -0.670. The highest BCUT2D eigenvalue weighted by atomic mass is 79.9. The number of thiophene rings is 1. The summed E-state index contributed by atoms with van der Waals surface area (Å²) in [6.45, 7) is 2.02. The number of hydrogen-bond donors (Lipinski definition) is 0. The van der Waals surface area contributed by atoms with Gasteiger partial charge in [-0.3, -0.25) is 4.79 Å². The molecule has 0 aliphatic heterocycles. The molecule has 0 spiro atoms. The summed E-state index contributed by atoms with van der Waals surface area (Å²) in [7, 11) is 0. The third-order valence-electron chi connectivity index (χ3n) is 2.04. The van der Waals surface area contributed by atoms with Crippen LogP contribution in [0.2, 0.25) is 0 Å². The molecule has 0 N–H and O–H groups in total. The van der Waals surface area contributed by atoms with Crippen molar-refractivity contribution in [1.29, 1.82) is 0 Å². The van der Waals surface area contributed by atoms with E-state index in [1.807, 2.05) is 24.4 Å². The summed E-state index contributed by atoms with van der Waals surface area (Å²) in [5.74, 6) is 0. The van der Waals surface area contributed by atoms with Crippen molar-refractivity contribution < 1.29 is 4.79 Å². The van der Waals surface area contributed by atoms with E-state index in [-0.39, 0.29) is 0 Å². The SMILES string of the molecule is Cc1ccc(Br)c2scc(C=O)c12. The summed E-state index contributed by atoms with van der Waals surface area (Å²) in [4.78, 5) is 10.7. The van der Waals surface area contributed by atoms with E-state index in [1.165, 1.54) is 0 Å². The van der Waals surface area contributed by atoms with E-state index in [0.717, 1.165) is 32.0 Å². The van der Waals surface area contributed by atoms with Crippen molar-refractivity contribution in [1.82, 2.24) is 0 Å². The molecular formula is C10H7BrOS. The van der Waals surface area contributed by atoms with E-state index in [1.54, 1.807) is 11.3 Å². The van der Waals surface area contributed by atoms with Crippen LogP contribution in [-0.4, -0.2) is 6.29 Å². The molecule has 0 radical (unpaired) electrons. The van der Waals surface area contributed by atoms with Crippen LogP contribution in [0.25, 0.3) is 10.1 Å². The lowest BCUT2D eigenvalue weighted by atomic mass is 10.1. The van der Waals surface area contributed by atoms with Crippen LogP contribution in [0.3, 0.4) is 0 Å². The number of aryl methyl sites for hydroxylation is 1. The molecule has 13 heavy (non-hydrogen) atoms. The molecule has 1 nitrogen and oxygen atoms in total. The van der Waals surface area contributed by atoms with Gasteiger partial charge in [0.15, 0.2) is 6.29 Å². The number of aldehydes is 1. The van der Waals surface area contributed by atoms with E-state index in [2.05, 4.69) is 15.9 Å². The molecule has 0 fully saturated rings. The summed E-state index contributed by atoms with van der Waals surface area (Å²) in [6.07, 6.45) is 0.915. The first-order chi connectivity index (χ1) is 6.24. The Morgan fingerprint density at radius 1 is 1.46 bits per heavy atom. The van der Waals surface area contributed by atoms with Gasteiger partial charge in [-0.1, -0.05) is 6.07 Å². The average Bonchev–Trinajstić information content (AvgIpc) is 2.56. The Bertz CT molecular complexity index is 473. The van der Waals surface area contributed by atoms with Gasteiger partial charge in [0, 0.05) is 25.5 Å². The number of benzene rings is 1. The Balaban J connectivity index is 2.95. The Kier molecular flexibility index (Phi) is 2.22. The standard InChI is InChI=1S/C10H7BrOS/c1-6-2-3-8(11)10-9(6)7(4-12)5-13-10/h2-5H,1H3. The lowest BCUT2D eigenvalue weighted by Crippen LogP contribution is -1.80. The van der Waals surface area contributed by atoms with Gasteiger partial charge in [-0.15, -0.1) is 11.3 Å². The van der Waals surface area contributed by atoms with Crippen molar-refractivity contribution in [3.8, 4) is 0 Å². The topological polar surface area (TPSA) is 17.1 Å². The van der Waals surface area contributed by atoms with Gasteiger partial charge in [0.2, 0.25) is 0 Å². The van der Waals surface area contributed by atoms with Crippen LogP contribution in [0, 0.1) is 6.92 Å². The van der Waals surface area contributed by atoms with Crippen LogP contribution in [0.5, 0.6) is 0 Å². The van der Waals surface area contributed by atoms with Crippen molar-refractivity contribution in [3.63, 3.8) is 0 Å². The summed E-state index contributed by atoms with van der Waals surface area (Å²) in [5.41, 5.74) is 1.94. The molecule has 2 rings (SSSR count). The molecule has 0 aliphatic rings. The number of rotatable bonds is 1. The minimum absolute atomic E-state index is 0.791. The second-order valence-corrected chi connectivity index (χ2v) is 4.61. The molecule has 3 heteroatoms. The number of hydrogen-bond acceptors (Lipinski definition) is 2. The maximum Gasteiger partial charge on any atom is 0.151 e. The molecule has 0 amide bonds. The van der Waals surface area contributed by atoms with Gasteiger partial charge < -0.3 is 0 Å². The molecule has 66 valence electrons. The number of carbonyl (C=O) groups is 1. The van der Waals surface area contributed by atoms with E-state index in [9.17, 15) is 4.79 Å². The van der Waals surface area contributed by atoms with Crippen molar-refractivity contribution in [2.45, 2.75) is 6.92 Å². The summed E-state index contributed by atoms with van der Waals surface area (Å²) in [5, 5.41) is 2.98. The third kappa shape index (κ3) is 1.32. The second-order valence-electron chi connectivity index (χ2n) is 2.88. The van der Waals surface area contributed by atoms with E-state index >= 15 is 0 Å². The normalized spacial score (nSPS) is 10.6. The molecule has 0 aliphatic carbocycles. The summed E-state index contributed by atoms with van der Waals surface area (Å²) >= 11 is 5.07. The molecule has 1 heterocycles. The summed E-state index contributed by atoms with van der Waals surface area (Å²) in [6, 6.07) is 4.04. The highest BCUT2D eigenvalue weighted by Gasteiger charge is 2.08. The fraction of sp³-hybridized carbons (Fsp3) is 0.100. The predicted molar refractivity (Wildman–Crippen MR) is 59.6 cm³/mol. The van der Waals surface area contributed by atoms with Crippen molar-refractivity contribution in [2.75, 3.05) is 0 Å². The molecule has 2 aromatic rings. The molecule has 0 bridgehead atoms. The van der Waals surface area contributed by atoms with Gasteiger partial charge in [0.1, 0.15) is 0 Å². The monoisotopic (exact) mass is 254 g/mol. The largest absolute Gasteiger partial charge is 0.298 e. The van der Waals surface area contributed by atoms with Gasteiger partial charge in [0.05, 0.1) is 0 Å². The Labute approximate surface area is 88.5 Å². The number of fused-ring (bicyclic) bond motifs is 1. The first-order valence-electron chi connectivity index (χ1n) is 3.85. The molecular weight excluding hydrogens is 248 g/mol. The first-order valence-corrected chi connectivity index (χ1v) is 5.53. The Morgan fingerprint density at radius 3 is 2.92 bits per heavy atom. The molecule has 0 saturated carbocycles. The Morgan fingerprint density at radius 2 is 2.23 bits per heavy atom. The minimum atomic E-state index is 0.791. The van der Waals surface area contributed by atoms with Crippen LogP contribution in [0.4, 0.5) is 0 Å². The first kappa shape index (κ1) is 8.91. The smallest absolute Gasteiger partial charge is 0.151 e. The summed E-state index contributed by atoms with van der Waals surface area (Å²) < 4.78 is 2.22. The zero-order chi connectivity index (χ0) is 9.42. The molecule has 0 atom stereocenters. The zero-order valence-corrected chi connectivity index (χ0v) is 9.41. The highest BCUT2D eigenvalue weighted by Crippen LogP contribution is 2.33. The quantitative estimate of drug-likeness (QED) is 0.708. The van der Waals surface area contributed by atoms with Crippen LogP contribution in [-0.2, 0) is 0 Å². The molecule has 1 aromatic carbocycles. The van der Waals surface area contributed by atoms with Crippen molar-refractivity contribution in [2.24, 2.45) is 0 Å². The van der Waals surface area contributed by atoms with Crippen LogP contribution >= 0.6 is 27.3 Å². The lowest BCUT2D eigenvalue weighted by Gasteiger charge is -1.98. The average molecular weight is 255 g/mol. The fourth-order valence-electron chi connectivity index (χ4n) is 1.40. The third-order valence-corrected chi connectivity index (χ3v) is 3.99. The number of carbonyl (C=O) groups excluding carboxylic acids is 1. The molecule has 0 saturated heterocycles. The van der Waals surface area contributed by atoms with E-state index in [4.69, 9.17) is 0 Å². The van der Waals surface area contributed by atoms with Gasteiger partial charge >= 0.3 is 0 Å². The van der Waals surface area contributed by atoms with E-state index < -0.39 is 0 Å². The number of halogens is 1. The van der Waals surface area contributed by atoms with Crippen molar-refractivity contribution in [3.05, 3.63) is 33.1 Å². The van der Waals surface area contributed by atoms with Gasteiger partial charge in [-0.25, -0.2) is 0 Å². The van der Waals surface area contributed by atoms with Gasteiger partial charge in [-0.2, -0.15) is 0 Å². The van der Waals surface area contributed by atoms with E-state index in [0.29, 0.717) is 0 Å². The fourth-order valence-corrected chi connectivity index (χ4v) is 3.00. The van der Waals surface area contributed by atoms with Crippen molar-refractivity contribution >= 4 is 43.6 Å². The maximum absolute atomic E-state index is 10.7. The van der Waals surface area contributed by atoms with Gasteiger partial charge in [0.25, 0.3) is 0 Å². The minimum Gasteiger partial charge on any atom is -0.298 e. The molecule has 0 unspecified atom stereocenters. The lowest BCUT2D eigenvalue weighted by molar-refractivity contribution is 0.112. The second kappa shape index (κ2) is 3.24. The maximum atomic E-state index is 10.7. The zero-order valence-electron chi connectivity index (χ0n) is 7.00. The van der Waals surface area contributed by atoms with Crippen LogP contribution in [0.1, 0.15) is 15.9 Å². The predicted octanol–water partition coefficient (Wildman–Crippen LogP) is 3.78.